The van der Waals surface area contributed by atoms with E-state index in [-0.39, 0.29) is 111 Å². The number of aliphatic imine (C=N–C) groups is 3. The van der Waals surface area contributed by atoms with E-state index in [9.17, 15) is 50.7 Å². The third kappa shape index (κ3) is 27.5. The Kier molecular flexibility index (Phi) is 34.9. The number of hydrogen-bond donors (Lipinski definition) is 3. The van der Waals surface area contributed by atoms with Crippen LogP contribution in [0.15, 0.2) is 141 Å². The first-order valence-corrected chi connectivity index (χ1v) is 43.2. The van der Waals surface area contributed by atoms with Crippen molar-refractivity contribution in [3.63, 3.8) is 0 Å². The SMILES string of the molecule is C/C=C1\C[C@H]2C=Nc3cc(O)c(OC)cc3C(=O)N2C1.C/C=C1\C[C@H]2C=Nc3cc(OCc4cc(C#CCCCC(=O)OC)cc(COc5cc6c(cc5OC)C(=O)N5C/C(=C/C)C[C@H]5C=N6)c4)c(OC)cc3C(=O)N2C1.COC(=O)CCCC#Cc1cc(CO)cc(CO)c1.COC(=O)CCCC#Cc1cc(COS(C)(=O)=O)cc(COS(C)(=O)=O)c1. The van der Waals surface area contributed by atoms with Gasteiger partial charge in [0, 0.05) is 112 Å². The van der Waals surface area contributed by atoms with Crippen molar-refractivity contribution in [2.75, 3.05) is 74.8 Å². The Bertz CT molecular complexity index is 5350. The first-order chi connectivity index (χ1) is 59.0. The molecule has 31 heteroatoms. The number of ether oxygens (including phenoxy) is 8. The molecule has 0 unspecified atom stereocenters. The highest BCUT2D eigenvalue weighted by Crippen LogP contribution is 2.43. The van der Waals surface area contributed by atoms with Gasteiger partial charge < -0.3 is 67.9 Å². The lowest BCUT2D eigenvalue weighted by Gasteiger charge is -2.20. The fraction of sp³-hybridized carbons (Fsp3) is 0.380. The van der Waals surface area contributed by atoms with Gasteiger partial charge >= 0.3 is 17.9 Å². The van der Waals surface area contributed by atoms with Gasteiger partial charge in [-0.1, -0.05) is 82.6 Å². The summed E-state index contributed by atoms with van der Waals surface area (Å²) in [6.07, 6.45) is 20.1. The topological polar surface area (TPSA) is 370 Å². The lowest BCUT2D eigenvalue weighted by atomic mass is 10.1. The largest absolute Gasteiger partial charge is 0.504 e. The summed E-state index contributed by atoms with van der Waals surface area (Å²) in [5, 5.41) is 28.0. The minimum atomic E-state index is -3.63. The predicted octanol–water partition coefficient (Wildman–Crippen LogP) is 12.3. The van der Waals surface area contributed by atoms with Crippen LogP contribution >= 0.6 is 0 Å². The van der Waals surface area contributed by atoms with Crippen molar-refractivity contribution >= 4 is 91.6 Å². The zero-order valence-electron chi connectivity index (χ0n) is 70.7. The number of unbranched alkanes of at least 4 members (excludes halogenated alkanes) is 3. The molecule has 0 spiro atoms. The van der Waals surface area contributed by atoms with Gasteiger partial charge in [0.05, 0.1) is 133 Å². The lowest BCUT2D eigenvalue weighted by molar-refractivity contribution is -0.141. The number of rotatable bonds is 26. The molecule has 3 amide bonds. The second kappa shape index (κ2) is 45.5. The Morgan fingerprint density at radius 3 is 1.02 bits per heavy atom. The molecule has 12 rings (SSSR count). The number of aromatic hydroxyl groups is 1. The summed E-state index contributed by atoms with van der Waals surface area (Å²) in [6, 6.07) is 25.8. The normalized spacial score (nSPS) is 16.6. The molecule has 0 radical (unpaired) electrons. The number of esters is 3. The fourth-order valence-electron chi connectivity index (χ4n) is 13.6. The van der Waals surface area contributed by atoms with E-state index in [4.69, 9.17) is 57.0 Å². The van der Waals surface area contributed by atoms with Crippen LogP contribution < -0.4 is 23.7 Å². The lowest BCUT2D eigenvalue weighted by Crippen LogP contribution is -2.35. The van der Waals surface area contributed by atoms with E-state index in [0.717, 1.165) is 65.2 Å². The predicted molar refractivity (Wildman–Crippen MR) is 462 cm³/mol. The van der Waals surface area contributed by atoms with Crippen LogP contribution in [-0.2, 0) is 96.8 Å². The van der Waals surface area contributed by atoms with Crippen molar-refractivity contribution in [2.45, 2.75) is 156 Å². The molecule has 123 heavy (non-hydrogen) atoms. The van der Waals surface area contributed by atoms with Crippen LogP contribution in [0.3, 0.4) is 0 Å². The number of benzene rings is 6. The van der Waals surface area contributed by atoms with Gasteiger partial charge in [0.15, 0.2) is 34.5 Å². The Balaban J connectivity index is 0.000000214. The maximum absolute atomic E-state index is 13.6. The Hall–Kier alpha value is -12.4. The summed E-state index contributed by atoms with van der Waals surface area (Å²) in [5.74, 6) is 19.1. The minimum Gasteiger partial charge on any atom is -0.504 e. The molecule has 6 aromatic carbocycles. The number of phenols is 1. The molecular formula is C92H102N6O23S2. The molecule has 3 saturated heterocycles. The summed E-state index contributed by atoms with van der Waals surface area (Å²) in [5.41, 5.74) is 12.7. The van der Waals surface area contributed by atoms with E-state index in [1.54, 1.807) is 92.1 Å². The summed E-state index contributed by atoms with van der Waals surface area (Å²) in [6.45, 7) is 7.49. The molecule has 3 N–H and O–H groups in total. The van der Waals surface area contributed by atoms with Crippen molar-refractivity contribution in [1.82, 2.24) is 14.7 Å². The van der Waals surface area contributed by atoms with E-state index in [2.05, 4.69) is 62.1 Å². The third-order valence-electron chi connectivity index (χ3n) is 20.1. The summed E-state index contributed by atoms with van der Waals surface area (Å²) in [4.78, 5) is 92.6. The van der Waals surface area contributed by atoms with Gasteiger partial charge in [-0.3, -0.25) is 52.1 Å². The number of phenolic OH excluding ortho intramolecular Hbond substituents is 1. The van der Waals surface area contributed by atoms with Gasteiger partial charge in [-0.15, -0.1) is 0 Å². The van der Waals surface area contributed by atoms with Crippen molar-refractivity contribution in [1.29, 1.82) is 0 Å². The van der Waals surface area contributed by atoms with Crippen molar-refractivity contribution in [2.24, 2.45) is 15.0 Å². The quantitative estimate of drug-likeness (QED) is 0.0113. The number of carbonyl (C=O) groups excluding carboxylic acids is 6. The van der Waals surface area contributed by atoms with Gasteiger partial charge in [-0.25, -0.2) is 0 Å². The van der Waals surface area contributed by atoms with E-state index >= 15 is 0 Å². The van der Waals surface area contributed by atoms with Gasteiger partial charge in [-0.05, 0) is 153 Å². The fourth-order valence-corrected chi connectivity index (χ4v) is 14.3. The third-order valence-corrected chi connectivity index (χ3v) is 21.2. The number of methoxy groups -OCH3 is 6. The van der Waals surface area contributed by atoms with Crippen LogP contribution in [0.1, 0.15) is 179 Å². The highest BCUT2D eigenvalue weighted by Gasteiger charge is 2.38. The Morgan fingerprint density at radius 2 is 0.724 bits per heavy atom. The average molecular weight is 1720 g/mol. The Labute approximate surface area is 717 Å². The standard InChI is InChI=1S/C45H46N4O8.C17H22O8S2.C15H16N2O3.C15H18O4/c1-6-28-16-33-22-46-37-20-41(39(53-3)18-35(37)44(51)48(33)24-28)56-26-31-13-30(11-9-8-10-12-43(50)55-5)14-32(15-31)27-57-42-21-38-36(19-40(42)54-4)45(52)49-25-29(7-2)17-34(49)23-47-38;1-23-17(18)8-6-4-5-7-14-9-15(12-24-26(2,19)20)11-16(10-14)13-25-27(3,21)22;1-3-9-4-10-7-16-12-6-13(18)14(20-2)5-11(12)15(19)17(10)8-9;1-19-15(18)6-4-2-3-5-12-7-13(10-16)9-14(8-12)11-17/h6-7,13-15,18-23,33-34H,8,10,12,16-17,24-27H2,1-5H3;9-11H,4,6,8,12-13H2,1-3H3;3,5-7,10,18H,4,8H2,1-2H3;7-9,16-17H,2,4,6,10-11H2,1H3/b28-6+,29-7+;;9-3+;/t33-,34-;;10-;/m0.0./s1. The number of amides is 3. The molecule has 0 saturated carbocycles. The van der Waals surface area contributed by atoms with Crippen LogP contribution in [0.4, 0.5) is 17.1 Å². The summed E-state index contributed by atoms with van der Waals surface area (Å²) < 4.78 is 97.2. The molecular weight excluding hydrogens is 1620 g/mol. The van der Waals surface area contributed by atoms with Gasteiger partial charge in [0.2, 0.25) is 0 Å². The highest BCUT2D eigenvalue weighted by atomic mass is 32.2. The number of hydrogen-bond acceptors (Lipinski definition) is 26. The zero-order valence-corrected chi connectivity index (χ0v) is 72.3. The smallest absolute Gasteiger partial charge is 0.305 e. The second-order valence-electron chi connectivity index (χ2n) is 29.0. The van der Waals surface area contributed by atoms with Crippen LogP contribution in [0.5, 0.6) is 34.5 Å². The number of carbonyl (C=O) groups is 6. The molecule has 0 bridgehead atoms. The molecule has 0 aliphatic carbocycles. The summed E-state index contributed by atoms with van der Waals surface area (Å²) >= 11 is 0. The first-order valence-electron chi connectivity index (χ1n) is 39.6. The molecule has 6 aliphatic heterocycles. The van der Waals surface area contributed by atoms with Crippen LogP contribution in [0, 0.1) is 35.5 Å². The van der Waals surface area contributed by atoms with Gasteiger partial charge in [-0.2, -0.15) is 16.8 Å². The molecule has 650 valence electrons. The summed E-state index contributed by atoms with van der Waals surface area (Å²) in [7, 11) is 1.35. The Morgan fingerprint density at radius 1 is 0.423 bits per heavy atom. The number of nitrogens with zero attached hydrogens (tertiary/aromatic N) is 6. The van der Waals surface area contributed by atoms with Gasteiger partial charge in [0.25, 0.3) is 38.0 Å². The molecule has 6 aromatic rings. The van der Waals surface area contributed by atoms with Crippen molar-refractivity contribution < 1.29 is 107 Å². The molecule has 0 aromatic heterocycles. The highest BCUT2D eigenvalue weighted by molar-refractivity contribution is 7.86. The maximum atomic E-state index is 13.6. The number of allylic oxidation sites excluding steroid dienone is 3. The first kappa shape index (κ1) is 94.4. The van der Waals surface area contributed by atoms with Crippen molar-refractivity contribution in [3.05, 3.63) is 193 Å². The molecule has 3 fully saturated rings. The molecule has 29 nitrogen and oxygen atoms in total. The van der Waals surface area contributed by atoms with Crippen LogP contribution in [0.2, 0.25) is 0 Å². The van der Waals surface area contributed by atoms with Gasteiger partial charge in [0.1, 0.15) is 13.2 Å². The average Bonchev–Trinajstić information content (AvgIpc) is 1.66. The maximum Gasteiger partial charge on any atom is 0.305 e. The van der Waals surface area contributed by atoms with Crippen LogP contribution in [0.25, 0.3) is 0 Å². The van der Waals surface area contributed by atoms with E-state index < -0.39 is 20.2 Å². The van der Waals surface area contributed by atoms with E-state index in [1.807, 2.05) is 67.3 Å². The number of aliphatic hydroxyl groups is 2. The number of aliphatic hydroxyl groups excluding tert-OH is 2. The van der Waals surface area contributed by atoms with Crippen LogP contribution in [-0.4, -0.2) is 194 Å². The minimum absolute atomic E-state index is 0.00534. The molecule has 6 aliphatic rings. The monoisotopic (exact) mass is 1720 g/mol. The molecule has 6 heterocycles. The zero-order chi connectivity index (χ0) is 88.9. The van der Waals surface area contributed by atoms with E-state index in [0.29, 0.717) is 144 Å². The number of fused-ring (bicyclic) bond motifs is 6. The van der Waals surface area contributed by atoms with E-state index in [1.165, 1.54) is 51.2 Å². The molecule has 3 atom stereocenters. The van der Waals surface area contributed by atoms with Crippen molar-refractivity contribution in [3.8, 4) is 70.0 Å². The second-order valence-corrected chi connectivity index (χ2v) is 32.3.